The van der Waals surface area contributed by atoms with E-state index in [0.717, 1.165) is 11.1 Å². The summed E-state index contributed by atoms with van der Waals surface area (Å²) < 4.78 is 1.45. The maximum atomic E-state index is 12.3. The Morgan fingerprint density at radius 2 is 1.91 bits per heavy atom. The smallest absolute Gasteiger partial charge is 0.270 e. The lowest BCUT2D eigenvalue weighted by Crippen LogP contribution is -2.25. The predicted octanol–water partition coefficient (Wildman–Crippen LogP) is 2.90. The number of rotatable bonds is 3. The molecule has 0 spiro atoms. The molecule has 3 rings (SSSR count). The van der Waals surface area contributed by atoms with Crippen molar-refractivity contribution in [3.05, 3.63) is 75.2 Å². The van der Waals surface area contributed by atoms with E-state index in [1.165, 1.54) is 4.68 Å². The summed E-state index contributed by atoms with van der Waals surface area (Å²) in [4.78, 5) is 16.4. The molecular formula is C17H15ClN4O. The third-order valence-electron chi connectivity index (χ3n) is 3.48. The summed E-state index contributed by atoms with van der Waals surface area (Å²) in [5, 5.41) is 5.10. The molecule has 2 N–H and O–H groups in total. The van der Waals surface area contributed by atoms with Crippen molar-refractivity contribution in [2.75, 3.05) is 5.73 Å². The highest BCUT2D eigenvalue weighted by molar-refractivity contribution is 6.30. The zero-order valence-corrected chi connectivity index (χ0v) is 13.3. The number of pyridine rings is 1. The molecule has 2 aromatic heterocycles. The van der Waals surface area contributed by atoms with Gasteiger partial charge in [0.2, 0.25) is 0 Å². The lowest BCUT2D eigenvalue weighted by molar-refractivity contribution is 0.637. The highest BCUT2D eigenvalue weighted by atomic mass is 35.5. The number of aryl methyl sites for hydroxylation is 1. The van der Waals surface area contributed by atoms with Gasteiger partial charge in [0, 0.05) is 22.3 Å². The number of aromatic nitrogens is 3. The van der Waals surface area contributed by atoms with Crippen LogP contribution in [0.2, 0.25) is 5.02 Å². The molecule has 0 fully saturated rings. The van der Waals surface area contributed by atoms with Gasteiger partial charge in [0.15, 0.2) is 0 Å². The molecule has 0 atom stereocenters. The first-order valence-electron chi connectivity index (χ1n) is 7.08. The topological polar surface area (TPSA) is 73.8 Å². The average molecular weight is 327 g/mol. The monoisotopic (exact) mass is 326 g/mol. The second-order valence-electron chi connectivity index (χ2n) is 5.27. The average Bonchev–Trinajstić information content (AvgIpc) is 2.54. The van der Waals surface area contributed by atoms with E-state index < -0.39 is 0 Å². The second kappa shape index (κ2) is 6.22. The number of hydrogen-bond donors (Lipinski definition) is 1. The summed E-state index contributed by atoms with van der Waals surface area (Å²) >= 11 is 5.89. The van der Waals surface area contributed by atoms with Crippen LogP contribution in [0.1, 0.15) is 11.1 Å². The first-order chi connectivity index (χ1) is 11.0. The van der Waals surface area contributed by atoms with Crippen molar-refractivity contribution < 1.29 is 0 Å². The van der Waals surface area contributed by atoms with Crippen molar-refractivity contribution in [3.63, 3.8) is 0 Å². The van der Waals surface area contributed by atoms with E-state index in [1.807, 2.05) is 18.2 Å². The van der Waals surface area contributed by atoms with Crippen molar-refractivity contribution in [1.29, 1.82) is 0 Å². The van der Waals surface area contributed by atoms with Crippen LogP contribution in [0, 0.1) is 6.92 Å². The van der Waals surface area contributed by atoms with Gasteiger partial charge in [0.25, 0.3) is 5.56 Å². The van der Waals surface area contributed by atoms with Gasteiger partial charge in [-0.1, -0.05) is 23.7 Å². The quantitative estimate of drug-likeness (QED) is 0.803. The summed E-state index contributed by atoms with van der Waals surface area (Å²) in [6, 6.07) is 12.6. The number of nitrogen functional groups attached to an aromatic ring is 1. The Morgan fingerprint density at radius 1 is 1.17 bits per heavy atom. The van der Waals surface area contributed by atoms with E-state index in [1.54, 1.807) is 37.4 Å². The largest absolute Gasteiger partial charge is 0.384 e. The molecule has 5 nitrogen and oxygen atoms in total. The molecule has 116 valence electrons. The molecule has 2 heterocycles. The molecule has 0 unspecified atom stereocenters. The Balaban J connectivity index is 2.01. The molecule has 0 aliphatic carbocycles. The minimum Gasteiger partial charge on any atom is -0.384 e. The van der Waals surface area contributed by atoms with Crippen LogP contribution in [-0.2, 0) is 6.54 Å². The maximum absolute atomic E-state index is 12.3. The maximum Gasteiger partial charge on any atom is 0.270 e. The molecule has 0 radical (unpaired) electrons. The van der Waals surface area contributed by atoms with Crippen molar-refractivity contribution >= 4 is 17.4 Å². The summed E-state index contributed by atoms with van der Waals surface area (Å²) in [7, 11) is 0. The summed E-state index contributed by atoms with van der Waals surface area (Å²) in [6.07, 6.45) is 1.65. The second-order valence-corrected chi connectivity index (χ2v) is 5.71. The van der Waals surface area contributed by atoms with Crippen LogP contribution < -0.4 is 11.3 Å². The molecule has 0 amide bonds. The lowest BCUT2D eigenvalue weighted by Gasteiger charge is -2.09. The number of anilines is 1. The molecule has 0 aliphatic heterocycles. The fourth-order valence-electron chi connectivity index (χ4n) is 2.24. The SMILES string of the molecule is Cc1cc(-c2ccc(N)nc2)nn(Cc2ccc(Cl)cc2)c1=O. The summed E-state index contributed by atoms with van der Waals surface area (Å²) in [5.41, 5.74) is 8.56. The van der Waals surface area contributed by atoms with E-state index in [2.05, 4.69) is 10.1 Å². The Hall–Kier alpha value is -2.66. The molecule has 1 aromatic carbocycles. The van der Waals surface area contributed by atoms with Gasteiger partial charge in [-0.3, -0.25) is 4.79 Å². The Kier molecular flexibility index (Phi) is 4.12. The molecule has 0 aliphatic rings. The van der Waals surface area contributed by atoms with Gasteiger partial charge in [-0.05, 0) is 42.8 Å². The Labute approximate surface area is 138 Å². The van der Waals surface area contributed by atoms with Crippen LogP contribution in [0.3, 0.4) is 0 Å². The van der Waals surface area contributed by atoms with Crippen LogP contribution in [0.25, 0.3) is 11.3 Å². The van der Waals surface area contributed by atoms with Crippen LogP contribution in [-0.4, -0.2) is 14.8 Å². The number of benzene rings is 1. The van der Waals surface area contributed by atoms with Crippen molar-refractivity contribution in [1.82, 2.24) is 14.8 Å². The highest BCUT2D eigenvalue weighted by Crippen LogP contribution is 2.17. The highest BCUT2D eigenvalue weighted by Gasteiger charge is 2.08. The zero-order valence-electron chi connectivity index (χ0n) is 12.5. The third-order valence-corrected chi connectivity index (χ3v) is 3.73. The van der Waals surface area contributed by atoms with E-state index in [-0.39, 0.29) is 5.56 Å². The van der Waals surface area contributed by atoms with Crippen LogP contribution >= 0.6 is 11.6 Å². The number of halogens is 1. The van der Waals surface area contributed by atoms with Gasteiger partial charge in [-0.15, -0.1) is 0 Å². The zero-order chi connectivity index (χ0) is 16.4. The minimum atomic E-state index is -0.118. The lowest BCUT2D eigenvalue weighted by atomic mass is 10.1. The summed E-state index contributed by atoms with van der Waals surface area (Å²) in [5.74, 6) is 0.444. The van der Waals surface area contributed by atoms with Gasteiger partial charge in [-0.25, -0.2) is 9.67 Å². The van der Waals surface area contributed by atoms with E-state index >= 15 is 0 Å². The Morgan fingerprint density at radius 3 is 2.57 bits per heavy atom. The van der Waals surface area contributed by atoms with E-state index in [4.69, 9.17) is 17.3 Å². The van der Waals surface area contributed by atoms with E-state index in [9.17, 15) is 4.79 Å². The van der Waals surface area contributed by atoms with Crippen molar-refractivity contribution in [2.24, 2.45) is 0 Å². The molecule has 23 heavy (non-hydrogen) atoms. The Bertz CT molecular complexity index is 886. The first kappa shape index (κ1) is 15.2. The number of nitrogens with two attached hydrogens (primary N) is 1. The van der Waals surface area contributed by atoms with Gasteiger partial charge in [0.1, 0.15) is 5.82 Å². The van der Waals surface area contributed by atoms with Crippen LogP contribution in [0.15, 0.2) is 53.5 Å². The fraction of sp³-hybridized carbons (Fsp3) is 0.118. The molecule has 0 saturated carbocycles. The van der Waals surface area contributed by atoms with Gasteiger partial charge < -0.3 is 5.73 Å². The van der Waals surface area contributed by atoms with Crippen LogP contribution in [0.5, 0.6) is 0 Å². The molecule has 0 saturated heterocycles. The van der Waals surface area contributed by atoms with Gasteiger partial charge in [-0.2, -0.15) is 5.10 Å². The third kappa shape index (κ3) is 3.40. The minimum absolute atomic E-state index is 0.118. The summed E-state index contributed by atoms with van der Waals surface area (Å²) in [6.45, 7) is 2.16. The molecule has 0 bridgehead atoms. The number of hydrogen-bond acceptors (Lipinski definition) is 4. The van der Waals surface area contributed by atoms with Crippen LogP contribution in [0.4, 0.5) is 5.82 Å². The van der Waals surface area contributed by atoms with Crippen molar-refractivity contribution in [3.8, 4) is 11.3 Å². The normalized spacial score (nSPS) is 10.7. The standard InChI is InChI=1S/C17H15ClN4O/c1-11-8-15(13-4-7-16(19)20-9-13)21-22(17(11)23)10-12-2-5-14(18)6-3-12/h2-9H,10H2,1H3,(H2,19,20). The van der Waals surface area contributed by atoms with Gasteiger partial charge >= 0.3 is 0 Å². The van der Waals surface area contributed by atoms with E-state index in [0.29, 0.717) is 28.6 Å². The predicted molar refractivity (Wildman–Crippen MR) is 91.4 cm³/mol. The first-order valence-corrected chi connectivity index (χ1v) is 7.46. The number of nitrogens with zero attached hydrogens (tertiary/aromatic N) is 3. The van der Waals surface area contributed by atoms with Gasteiger partial charge in [0.05, 0.1) is 12.2 Å². The molecular weight excluding hydrogens is 312 g/mol. The van der Waals surface area contributed by atoms with Crippen molar-refractivity contribution in [2.45, 2.75) is 13.5 Å². The molecule has 3 aromatic rings. The molecule has 6 heteroatoms. The fourth-order valence-corrected chi connectivity index (χ4v) is 2.37.